The van der Waals surface area contributed by atoms with Gasteiger partial charge in [-0.1, -0.05) is 31.2 Å². The number of thiazole rings is 1. The molecule has 0 aliphatic carbocycles. The molecule has 0 spiro atoms. The molecule has 1 aromatic carbocycles. The first kappa shape index (κ1) is 13.2. The molecule has 4 heteroatoms. The fraction of sp³-hybridized carbons (Fsp3) is 0.357. The zero-order valence-corrected chi connectivity index (χ0v) is 11.8. The SMILES string of the molecule is Cc1ncsc1-c1ccc(C(C)C(C)(N)N)cc1. The van der Waals surface area contributed by atoms with Crippen molar-refractivity contribution in [3.8, 4) is 10.4 Å². The van der Waals surface area contributed by atoms with Gasteiger partial charge in [-0.05, 0) is 25.0 Å². The lowest BCUT2D eigenvalue weighted by atomic mass is 9.89. The average Bonchev–Trinajstić information content (AvgIpc) is 2.73. The summed E-state index contributed by atoms with van der Waals surface area (Å²) >= 11 is 1.66. The molecule has 0 saturated heterocycles. The Morgan fingerprint density at radius 3 is 2.28 bits per heavy atom. The van der Waals surface area contributed by atoms with E-state index in [2.05, 4.69) is 29.2 Å². The summed E-state index contributed by atoms with van der Waals surface area (Å²) in [7, 11) is 0. The highest BCUT2D eigenvalue weighted by Gasteiger charge is 2.22. The van der Waals surface area contributed by atoms with E-state index in [9.17, 15) is 0 Å². The number of aromatic nitrogens is 1. The monoisotopic (exact) mass is 261 g/mol. The molecule has 2 aromatic rings. The van der Waals surface area contributed by atoms with Gasteiger partial charge in [-0.3, -0.25) is 0 Å². The molecule has 2 rings (SSSR count). The summed E-state index contributed by atoms with van der Waals surface area (Å²) in [6.07, 6.45) is 0. The molecule has 0 radical (unpaired) electrons. The zero-order valence-electron chi connectivity index (χ0n) is 11.0. The molecule has 1 atom stereocenters. The van der Waals surface area contributed by atoms with Crippen molar-refractivity contribution >= 4 is 11.3 Å². The van der Waals surface area contributed by atoms with Gasteiger partial charge in [0, 0.05) is 5.92 Å². The molecule has 96 valence electrons. The van der Waals surface area contributed by atoms with Crippen molar-refractivity contribution in [1.82, 2.24) is 4.98 Å². The summed E-state index contributed by atoms with van der Waals surface area (Å²) in [5.74, 6) is 0.120. The van der Waals surface area contributed by atoms with Gasteiger partial charge in [0.05, 0.1) is 21.7 Å². The molecule has 4 N–H and O–H groups in total. The molecular formula is C14H19N3S. The van der Waals surface area contributed by atoms with Gasteiger partial charge in [0.15, 0.2) is 0 Å². The first-order chi connectivity index (χ1) is 8.39. The molecule has 1 unspecified atom stereocenters. The smallest absolute Gasteiger partial charge is 0.0801 e. The van der Waals surface area contributed by atoms with Gasteiger partial charge in [0.25, 0.3) is 0 Å². The normalized spacial score (nSPS) is 13.6. The van der Waals surface area contributed by atoms with Crippen LogP contribution in [0.1, 0.15) is 31.0 Å². The minimum Gasteiger partial charge on any atom is -0.313 e. The largest absolute Gasteiger partial charge is 0.313 e. The van der Waals surface area contributed by atoms with Gasteiger partial charge in [0.2, 0.25) is 0 Å². The standard InChI is InChI=1S/C14H19N3S/c1-9(14(3,15)16)11-4-6-12(7-5-11)13-10(2)17-8-18-13/h4-9H,15-16H2,1-3H3. The number of nitrogens with two attached hydrogens (primary N) is 2. The zero-order chi connectivity index (χ0) is 13.3. The molecule has 0 fully saturated rings. The van der Waals surface area contributed by atoms with E-state index in [1.807, 2.05) is 26.3 Å². The Labute approximate surface area is 112 Å². The molecule has 0 aliphatic rings. The Morgan fingerprint density at radius 1 is 1.22 bits per heavy atom. The van der Waals surface area contributed by atoms with Crippen molar-refractivity contribution in [2.45, 2.75) is 32.4 Å². The molecule has 0 saturated carbocycles. The van der Waals surface area contributed by atoms with Crippen molar-refractivity contribution in [2.24, 2.45) is 11.5 Å². The van der Waals surface area contributed by atoms with Crippen LogP contribution in [0.4, 0.5) is 0 Å². The van der Waals surface area contributed by atoms with Crippen molar-refractivity contribution in [3.05, 3.63) is 41.0 Å². The van der Waals surface area contributed by atoms with Crippen molar-refractivity contribution in [1.29, 1.82) is 0 Å². The maximum atomic E-state index is 5.94. The van der Waals surface area contributed by atoms with E-state index >= 15 is 0 Å². The maximum Gasteiger partial charge on any atom is 0.0801 e. The van der Waals surface area contributed by atoms with Crippen molar-refractivity contribution in [3.63, 3.8) is 0 Å². The van der Waals surface area contributed by atoms with Crippen LogP contribution in [0, 0.1) is 6.92 Å². The van der Waals surface area contributed by atoms with Crippen LogP contribution in [-0.4, -0.2) is 10.6 Å². The Hall–Kier alpha value is -1.23. The summed E-state index contributed by atoms with van der Waals surface area (Å²) in [6, 6.07) is 8.41. The van der Waals surface area contributed by atoms with Crippen LogP contribution in [0.15, 0.2) is 29.8 Å². The Bertz CT molecular complexity index is 523. The second-order valence-electron chi connectivity index (χ2n) is 4.98. The summed E-state index contributed by atoms with van der Waals surface area (Å²) in [5.41, 5.74) is 16.5. The number of aryl methyl sites for hydroxylation is 1. The van der Waals surface area contributed by atoms with Crippen LogP contribution in [0.3, 0.4) is 0 Å². The van der Waals surface area contributed by atoms with Crippen LogP contribution in [0.2, 0.25) is 0 Å². The number of rotatable bonds is 3. The van der Waals surface area contributed by atoms with Gasteiger partial charge < -0.3 is 11.5 Å². The summed E-state index contributed by atoms with van der Waals surface area (Å²) < 4.78 is 0. The van der Waals surface area contributed by atoms with Crippen LogP contribution >= 0.6 is 11.3 Å². The van der Waals surface area contributed by atoms with E-state index in [4.69, 9.17) is 11.5 Å². The summed E-state index contributed by atoms with van der Waals surface area (Å²) in [5, 5.41) is 0. The highest BCUT2D eigenvalue weighted by Crippen LogP contribution is 2.29. The predicted octanol–water partition coefficient (Wildman–Crippen LogP) is 2.86. The Kier molecular flexibility index (Phi) is 3.52. The molecule has 1 aromatic heterocycles. The van der Waals surface area contributed by atoms with Gasteiger partial charge in [-0.2, -0.15) is 0 Å². The average molecular weight is 261 g/mol. The number of benzene rings is 1. The van der Waals surface area contributed by atoms with Crippen LogP contribution < -0.4 is 11.5 Å². The van der Waals surface area contributed by atoms with Gasteiger partial charge in [-0.15, -0.1) is 11.3 Å². The fourth-order valence-electron chi connectivity index (χ4n) is 1.86. The van der Waals surface area contributed by atoms with Gasteiger partial charge >= 0.3 is 0 Å². The third-order valence-corrected chi connectivity index (χ3v) is 4.33. The molecule has 3 nitrogen and oxygen atoms in total. The number of nitrogens with zero attached hydrogens (tertiary/aromatic N) is 1. The van der Waals surface area contributed by atoms with Gasteiger partial charge in [-0.25, -0.2) is 4.98 Å². The van der Waals surface area contributed by atoms with Crippen LogP contribution in [-0.2, 0) is 0 Å². The molecule has 0 amide bonds. The first-order valence-electron chi connectivity index (χ1n) is 5.98. The highest BCUT2D eigenvalue weighted by atomic mass is 32.1. The van der Waals surface area contributed by atoms with Crippen molar-refractivity contribution in [2.75, 3.05) is 0 Å². The summed E-state index contributed by atoms with van der Waals surface area (Å²) in [6.45, 7) is 5.92. The van der Waals surface area contributed by atoms with E-state index < -0.39 is 5.66 Å². The molecule has 0 bridgehead atoms. The molecule has 18 heavy (non-hydrogen) atoms. The number of hydrogen-bond acceptors (Lipinski definition) is 4. The molecule has 0 aliphatic heterocycles. The lowest BCUT2D eigenvalue weighted by Gasteiger charge is -2.27. The fourth-order valence-corrected chi connectivity index (χ4v) is 2.67. The van der Waals surface area contributed by atoms with E-state index in [-0.39, 0.29) is 5.92 Å². The highest BCUT2D eigenvalue weighted by molar-refractivity contribution is 7.13. The summed E-state index contributed by atoms with van der Waals surface area (Å²) in [4.78, 5) is 5.49. The first-order valence-corrected chi connectivity index (χ1v) is 6.85. The lowest BCUT2D eigenvalue weighted by molar-refractivity contribution is 0.411. The van der Waals surface area contributed by atoms with E-state index in [1.165, 1.54) is 10.4 Å². The second-order valence-corrected chi connectivity index (χ2v) is 5.83. The minimum absolute atomic E-state index is 0.120. The molecular weight excluding hydrogens is 242 g/mol. The Balaban J connectivity index is 2.29. The van der Waals surface area contributed by atoms with Crippen molar-refractivity contribution < 1.29 is 0 Å². The van der Waals surface area contributed by atoms with Crippen LogP contribution in [0.5, 0.6) is 0 Å². The Morgan fingerprint density at radius 2 is 1.83 bits per heavy atom. The topological polar surface area (TPSA) is 64.9 Å². The predicted molar refractivity (Wildman–Crippen MR) is 77.5 cm³/mol. The lowest BCUT2D eigenvalue weighted by Crippen LogP contribution is -2.50. The van der Waals surface area contributed by atoms with Gasteiger partial charge in [0.1, 0.15) is 0 Å². The quantitative estimate of drug-likeness (QED) is 0.835. The van der Waals surface area contributed by atoms with Crippen LogP contribution in [0.25, 0.3) is 10.4 Å². The van der Waals surface area contributed by atoms with E-state index in [1.54, 1.807) is 11.3 Å². The molecule has 1 heterocycles. The van der Waals surface area contributed by atoms with E-state index in [0.717, 1.165) is 11.3 Å². The second kappa shape index (κ2) is 4.80. The third-order valence-electron chi connectivity index (χ3n) is 3.35. The maximum absolute atomic E-state index is 5.94. The third kappa shape index (κ3) is 2.61. The minimum atomic E-state index is -0.693. The number of hydrogen-bond donors (Lipinski definition) is 2. The van der Waals surface area contributed by atoms with E-state index in [0.29, 0.717) is 0 Å².